The number of nitrogens with one attached hydrogen (secondary N) is 1. The van der Waals surface area contributed by atoms with Gasteiger partial charge in [-0.1, -0.05) is 0 Å². The monoisotopic (exact) mass is 230 g/mol. The van der Waals surface area contributed by atoms with Crippen LogP contribution >= 0.6 is 0 Å². The predicted octanol–water partition coefficient (Wildman–Crippen LogP) is 0.280. The van der Waals surface area contributed by atoms with Crippen LogP contribution < -0.4 is 5.32 Å². The van der Waals surface area contributed by atoms with E-state index in [1.54, 1.807) is 4.90 Å². The molecule has 16 heavy (non-hydrogen) atoms. The lowest BCUT2D eigenvalue weighted by molar-refractivity contribution is -0.138. The molecule has 0 radical (unpaired) electrons. The third-order valence-electron chi connectivity index (χ3n) is 2.45. The van der Waals surface area contributed by atoms with Crippen molar-refractivity contribution in [2.45, 2.75) is 32.4 Å². The molecule has 2 amide bonds. The first-order chi connectivity index (χ1) is 7.50. The largest absolute Gasteiger partial charge is 0.480 e. The number of carbonyl (C=O) groups excluding carboxylic acids is 1. The second-order valence-electron chi connectivity index (χ2n) is 3.99. The van der Waals surface area contributed by atoms with E-state index in [0.29, 0.717) is 19.7 Å². The molecule has 6 nitrogen and oxygen atoms in total. The van der Waals surface area contributed by atoms with Gasteiger partial charge >= 0.3 is 12.0 Å². The summed E-state index contributed by atoms with van der Waals surface area (Å²) in [4.78, 5) is 23.9. The number of urea groups is 1. The molecule has 1 saturated heterocycles. The molecular weight excluding hydrogens is 212 g/mol. The minimum Gasteiger partial charge on any atom is -0.480 e. The van der Waals surface area contributed by atoms with Crippen LogP contribution in [0.5, 0.6) is 0 Å². The van der Waals surface area contributed by atoms with E-state index in [1.165, 1.54) is 6.92 Å². The molecule has 1 rings (SSSR count). The van der Waals surface area contributed by atoms with E-state index in [2.05, 4.69) is 5.32 Å². The van der Waals surface area contributed by atoms with Crippen molar-refractivity contribution >= 4 is 12.0 Å². The average molecular weight is 230 g/mol. The molecule has 2 N–H and O–H groups in total. The van der Waals surface area contributed by atoms with Crippen LogP contribution in [0.1, 0.15) is 20.3 Å². The van der Waals surface area contributed by atoms with Gasteiger partial charge in [-0.25, -0.2) is 4.79 Å². The number of aliphatic carboxylic acids is 1. The number of amides is 2. The maximum atomic E-state index is 11.7. The van der Waals surface area contributed by atoms with Gasteiger partial charge in [-0.15, -0.1) is 0 Å². The molecule has 1 heterocycles. The van der Waals surface area contributed by atoms with E-state index in [0.717, 1.165) is 6.42 Å². The summed E-state index contributed by atoms with van der Waals surface area (Å²) in [7, 11) is 0. The zero-order valence-corrected chi connectivity index (χ0v) is 9.60. The van der Waals surface area contributed by atoms with Crippen molar-refractivity contribution in [3.63, 3.8) is 0 Å². The van der Waals surface area contributed by atoms with Crippen molar-refractivity contribution < 1.29 is 19.4 Å². The van der Waals surface area contributed by atoms with E-state index < -0.39 is 12.0 Å². The quantitative estimate of drug-likeness (QED) is 0.714. The van der Waals surface area contributed by atoms with Crippen LogP contribution in [0.2, 0.25) is 0 Å². The zero-order chi connectivity index (χ0) is 12.1. The molecule has 1 aliphatic rings. The van der Waals surface area contributed by atoms with Crippen LogP contribution in [-0.2, 0) is 9.53 Å². The van der Waals surface area contributed by atoms with Gasteiger partial charge in [0.1, 0.15) is 6.04 Å². The van der Waals surface area contributed by atoms with E-state index in [4.69, 9.17) is 9.84 Å². The van der Waals surface area contributed by atoms with E-state index >= 15 is 0 Å². The molecule has 2 unspecified atom stereocenters. The second-order valence-corrected chi connectivity index (χ2v) is 3.99. The lowest BCUT2D eigenvalue weighted by atomic mass is 10.3. The molecule has 0 bridgehead atoms. The molecule has 2 atom stereocenters. The number of hydrogen-bond acceptors (Lipinski definition) is 3. The summed E-state index contributed by atoms with van der Waals surface area (Å²) in [6, 6.07) is -1.21. The van der Waals surface area contributed by atoms with Gasteiger partial charge in [-0.05, 0) is 20.3 Å². The molecule has 0 spiro atoms. The second kappa shape index (κ2) is 5.69. The van der Waals surface area contributed by atoms with Gasteiger partial charge in [0.15, 0.2) is 0 Å². The Morgan fingerprint density at radius 2 is 2.25 bits per heavy atom. The fraction of sp³-hybridized carbons (Fsp3) is 0.800. The molecule has 0 aromatic rings. The van der Waals surface area contributed by atoms with Gasteiger partial charge in [-0.3, -0.25) is 4.79 Å². The Morgan fingerprint density at radius 3 is 2.88 bits per heavy atom. The Hall–Kier alpha value is -1.30. The minimum atomic E-state index is -1.03. The van der Waals surface area contributed by atoms with Crippen LogP contribution in [0, 0.1) is 0 Å². The van der Waals surface area contributed by atoms with E-state index in [-0.39, 0.29) is 12.1 Å². The van der Waals surface area contributed by atoms with Crippen LogP contribution in [-0.4, -0.2) is 53.8 Å². The SMILES string of the molecule is CC1CN(C(=O)NC(C)C(=O)O)CCCO1. The summed E-state index contributed by atoms with van der Waals surface area (Å²) in [5.74, 6) is -1.03. The summed E-state index contributed by atoms with van der Waals surface area (Å²) < 4.78 is 5.40. The fourth-order valence-electron chi connectivity index (χ4n) is 1.52. The Bertz CT molecular complexity index is 270. The number of carboxylic acid groups (broad SMARTS) is 1. The average Bonchev–Trinajstić information content (AvgIpc) is 2.42. The molecule has 0 aliphatic carbocycles. The summed E-state index contributed by atoms with van der Waals surface area (Å²) >= 11 is 0. The van der Waals surface area contributed by atoms with Crippen LogP contribution in [0.15, 0.2) is 0 Å². The van der Waals surface area contributed by atoms with E-state index in [1.807, 2.05) is 6.92 Å². The topological polar surface area (TPSA) is 78.9 Å². The highest BCUT2D eigenvalue weighted by atomic mass is 16.5. The number of nitrogens with zero attached hydrogens (tertiary/aromatic N) is 1. The first-order valence-corrected chi connectivity index (χ1v) is 5.40. The fourth-order valence-corrected chi connectivity index (χ4v) is 1.52. The molecule has 1 fully saturated rings. The minimum absolute atomic E-state index is 0.00613. The number of carboxylic acids is 1. The highest BCUT2D eigenvalue weighted by molar-refractivity contribution is 5.82. The first-order valence-electron chi connectivity index (χ1n) is 5.40. The van der Waals surface area contributed by atoms with Crippen molar-refractivity contribution in [3.8, 4) is 0 Å². The molecule has 0 aromatic heterocycles. The molecule has 0 saturated carbocycles. The van der Waals surface area contributed by atoms with Crippen molar-refractivity contribution in [3.05, 3.63) is 0 Å². The smallest absolute Gasteiger partial charge is 0.325 e. The third-order valence-corrected chi connectivity index (χ3v) is 2.45. The number of ether oxygens (including phenoxy) is 1. The molecule has 0 aromatic carbocycles. The summed E-state index contributed by atoms with van der Waals surface area (Å²) in [6.45, 7) is 5.07. The molecule has 6 heteroatoms. The summed E-state index contributed by atoms with van der Waals surface area (Å²) in [5.41, 5.74) is 0. The maximum Gasteiger partial charge on any atom is 0.325 e. The van der Waals surface area contributed by atoms with E-state index in [9.17, 15) is 9.59 Å². The predicted molar refractivity (Wildman–Crippen MR) is 57.2 cm³/mol. The lowest BCUT2D eigenvalue weighted by Crippen LogP contribution is -2.48. The van der Waals surface area contributed by atoms with Gasteiger partial charge in [0, 0.05) is 19.7 Å². The van der Waals surface area contributed by atoms with Crippen LogP contribution in [0.25, 0.3) is 0 Å². The van der Waals surface area contributed by atoms with Gasteiger partial charge in [0.05, 0.1) is 6.10 Å². The normalized spacial score (nSPS) is 23.4. The molecule has 1 aliphatic heterocycles. The van der Waals surface area contributed by atoms with Crippen molar-refractivity contribution in [1.82, 2.24) is 10.2 Å². The Balaban J connectivity index is 2.48. The van der Waals surface area contributed by atoms with Gasteiger partial charge in [0.25, 0.3) is 0 Å². The summed E-state index contributed by atoms with van der Waals surface area (Å²) in [5, 5.41) is 11.1. The first kappa shape index (κ1) is 12.8. The summed E-state index contributed by atoms with van der Waals surface area (Å²) in [6.07, 6.45) is 0.771. The molecule has 92 valence electrons. The van der Waals surface area contributed by atoms with Crippen LogP contribution in [0.3, 0.4) is 0 Å². The number of carbonyl (C=O) groups is 2. The standard InChI is InChI=1S/C10H18N2O4/c1-7-6-12(4-3-5-16-7)10(15)11-8(2)9(13)14/h7-8H,3-6H2,1-2H3,(H,11,15)(H,13,14). The zero-order valence-electron chi connectivity index (χ0n) is 9.60. The Labute approximate surface area is 94.6 Å². The highest BCUT2D eigenvalue weighted by Crippen LogP contribution is 2.05. The van der Waals surface area contributed by atoms with Gasteiger partial charge in [-0.2, -0.15) is 0 Å². The Morgan fingerprint density at radius 1 is 1.56 bits per heavy atom. The lowest BCUT2D eigenvalue weighted by Gasteiger charge is -2.23. The van der Waals surface area contributed by atoms with Crippen molar-refractivity contribution in [1.29, 1.82) is 0 Å². The number of rotatable bonds is 2. The third kappa shape index (κ3) is 3.69. The van der Waals surface area contributed by atoms with Gasteiger partial charge in [0.2, 0.25) is 0 Å². The van der Waals surface area contributed by atoms with Crippen LogP contribution in [0.4, 0.5) is 4.79 Å². The van der Waals surface area contributed by atoms with Crippen molar-refractivity contribution in [2.24, 2.45) is 0 Å². The highest BCUT2D eigenvalue weighted by Gasteiger charge is 2.22. The maximum absolute atomic E-state index is 11.7. The van der Waals surface area contributed by atoms with Crippen molar-refractivity contribution in [2.75, 3.05) is 19.7 Å². The van der Waals surface area contributed by atoms with Gasteiger partial charge < -0.3 is 20.1 Å². The molecular formula is C10H18N2O4. The Kier molecular flexibility index (Phi) is 4.54. The number of hydrogen-bond donors (Lipinski definition) is 2.